The molecule has 0 unspecified atom stereocenters. The normalized spacial score (nSPS) is 15.2. The number of hydrogen-bond donors (Lipinski definition) is 2. The molecule has 16 heteroatoms. The van der Waals surface area contributed by atoms with Gasteiger partial charge in [0.1, 0.15) is 52.3 Å². The van der Waals surface area contributed by atoms with Gasteiger partial charge in [-0.3, -0.25) is 9.59 Å². The van der Waals surface area contributed by atoms with Crippen molar-refractivity contribution >= 4 is 60.5 Å². The van der Waals surface area contributed by atoms with E-state index in [1.807, 2.05) is 62.4 Å². The molecule has 4 aromatic carbocycles. The predicted molar refractivity (Wildman–Crippen MR) is 248 cm³/mol. The van der Waals surface area contributed by atoms with Gasteiger partial charge in [-0.15, -0.1) is 22.7 Å². The SMILES string of the molecule is C=C(C)c1c(C(=O)N[C@H]2CCOc3ccccc32)sc2c(-c3cc(F)cc(F)c3)ncnc12.CC(C)c1c(C(=O)N[C@H]2CCOc3ccccc32)sc2c(-c3cc(F)cc(F)c3)ncnc12. The van der Waals surface area contributed by atoms with Crippen molar-refractivity contribution in [2.45, 2.75) is 51.6 Å². The number of rotatable bonds is 8. The van der Waals surface area contributed by atoms with Gasteiger partial charge in [0, 0.05) is 58.4 Å². The fourth-order valence-corrected chi connectivity index (χ4v) is 10.9. The van der Waals surface area contributed by atoms with Crippen LogP contribution >= 0.6 is 22.7 Å². The van der Waals surface area contributed by atoms with Gasteiger partial charge in [-0.1, -0.05) is 56.8 Å². The first-order valence-electron chi connectivity index (χ1n) is 21.0. The molecular weight excluding hydrogens is 889 g/mol. The van der Waals surface area contributed by atoms with E-state index in [9.17, 15) is 27.2 Å². The summed E-state index contributed by atoms with van der Waals surface area (Å²) in [6.45, 7) is 10.8. The molecule has 0 aliphatic carbocycles. The van der Waals surface area contributed by atoms with Crippen LogP contribution in [0.2, 0.25) is 0 Å². The van der Waals surface area contributed by atoms with E-state index in [0.717, 1.165) is 40.3 Å². The van der Waals surface area contributed by atoms with Crippen LogP contribution in [0.5, 0.6) is 11.5 Å². The average Bonchev–Trinajstić information content (AvgIpc) is 3.90. The van der Waals surface area contributed by atoms with Crippen molar-refractivity contribution in [3.63, 3.8) is 0 Å². The Morgan fingerprint density at radius 1 is 0.652 bits per heavy atom. The third-order valence-corrected chi connectivity index (χ3v) is 13.6. The van der Waals surface area contributed by atoms with Crippen molar-refractivity contribution < 1.29 is 36.6 Å². The maximum atomic E-state index is 13.9. The summed E-state index contributed by atoms with van der Waals surface area (Å²) in [5.41, 5.74) is 6.44. The summed E-state index contributed by atoms with van der Waals surface area (Å²) in [6.07, 6.45) is 4.01. The van der Waals surface area contributed by atoms with Crippen LogP contribution in [-0.4, -0.2) is 45.0 Å². The monoisotopic (exact) mass is 928 g/mol. The van der Waals surface area contributed by atoms with Crippen molar-refractivity contribution in [3.8, 4) is 34.0 Å². The second-order valence-corrected chi connectivity index (χ2v) is 18.1. The topological polar surface area (TPSA) is 128 Å². The Labute approximate surface area is 384 Å². The van der Waals surface area contributed by atoms with E-state index in [-0.39, 0.29) is 35.4 Å². The minimum atomic E-state index is -0.704. The van der Waals surface area contributed by atoms with Crippen LogP contribution in [0, 0.1) is 23.3 Å². The third-order valence-electron chi connectivity index (χ3n) is 11.2. The van der Waals surface area contributed by atoms with E-state index in [0.29, 0.717) is 84.3 Å². The van der Waals surface area contributed by atoms with Gasteiger partial charge < -0.3 is 20.1 Å². The predicted octanol–water partition coefficient (Wildman–Crippen LogP) is 11.9. The zero-order valence-electron chi connectivity index (χ0n) is 35.8. The van der Waals surface area contributed by atoms with Crippen LogP contribution in [0.15, 0.2) is 104 Å². The Kier molecular flexibility index (Phi) is 12.3. The first-order chi connectivity index (χ1) is 31.8. The number of amides is 2. The Balaban J connectivity index is 0.000000166. The molecule has 334 valence electrons. The Morgan fingerprint density at radius 3 is 1.58 bits per heavy atom. The van der Waals surface area contributed by atoms with Gasteiger partial charge >= 0.3 is 0 Å². The molecule has 10 rings (SSSR count). The highest BCUT2D eigenvalue weighted by atomic mass is 32.1. The quantitative estimate of drug-likeness (QED) is 0.144. The fraction of sp³-hybridized carbons (Fsp3) is 0.200. The molecule has 0 radical (unpaired) electrons. The number of thiophene rings is 2. The van der Waals surface area contributed by atoms with E-state index in [1.165, 1.54) is 59.6 Å². The van der Waals surface area contributed by atoms with Crippen molar-refractivity contribution in [3.05, 3.63) is 159 Å². The summed E-state index contributed by atoms with van der Waals surface area (Å²) < 4.78 is 68.1. The standard InChI is InChI=1S/C25H21F2N3O2S.C25H19F2N3O2S/c2*1-13(2)20-22-24(21(28-12-29-22)14-9-15(26)11-16(27)10-14)33-23(20)25(31)30-18-7-8-32-19-6-4-3-5-17(18)19/h3-6,9-13,18H,7-8H2,1-2H3,(H,30,31);3-6,9-12,18H,1,7-8H2,2H3,(H,30,31)/t2*18-/m00/s1. The van der Waals surface area contributed by atoms with Crippen LogP contribution in [-0.2, 0) is 0 Å². The van der Waals surface area contributed by atoms with Crippen molar-refractivity contribution in [1.82, 2.24) is 30.6 Å². The number of para-hydroxylation sites is 2. The molecule has 8 aromatic rings. The van der Waals surface area contributed by atoms with Gasteiger partial charge in [0.25, 0.3) is 11.8 Å². The third kappa shape index (κ3) is 8.73. The van der Waals surface area contributed by atoms with Gasteiger partial charge in [0.05, 0.1) is 62.0 Å². The van der Waals surface area contributed by atoms with E-state index in [1.54, 1.807) is 6.92 Å². The smallest absolute Gasteiger partial charge is 0.262 e. The molecule has 6 heterocycles. The minimum Gasteiger partial charge on any atom is -0.493 e. The molecular formula is C50H40F4N6O4S2. The first-order valence-corrected chi connectivity index (χ1v) is 22.7. The number of allylic oxidation sites excluding steroid dienone is 1. The highest BCUT2D eigenvalue weighted by Gasteiger charge is 2.30. The molecule has 2 aliphatic heterocycles. The second-order valence-electron chi connectivity index (χ2n) is 16.1. The summed E-state index contributed by atoms with van der Waals surface area (Å²) in [6, 6.07) is 21.4. The zero-order chi connectivity index (χ0) is 46.2. The highest BCUT2D eigenvalue weighted by Crippen LogP contribution is 2.42. The number of halogens is 4. The lowest BCUT2D eigenvalue weighted by molar-refractivity contribution is 0.0919. The average molecular weight is 929 g/mol. The molecule has 0 bridgehead atoms. The Morgan fingerprint density at radius 2 is 1.09 bits per heavy atom. The first kappa shape index (κ1) is 44.2. The number of fused-ring (bicyclic) bond motifs is 4. The molecule has 2 atom stereocenters. The van der Waals surface area contributed by atoms with Gasteiger partial charge in [-0.05, 0) is 54.8 Å². The van der Waals surface area contributed by atoms with Crippen molar-refractivity contribution in [2.75, 3.05) is 13.2 Å². The van der Waals surface area contributed by atoms with E-state index >= 15 is 0 Å². The lowest BCUT2D eigenvalue weighted by Crippen LogP contribution is -2.32. The second kappa shape index (κ2) is 18.4. The van der Waals surface area contributed by atoms with Crippen LogP contribution < -0.4 is 20.1 Å². The zero-order valence-corrected chi connectivity index (χ0v) is 37.4. The van der Waals surface area contributed by atoms with Crippen LogP contribution in [0.1, 0.15) is 93.2 Å². The largest absolute Gasteiger partial charge is 0.493 e. The van der Waals surface area contributed by atoms with Gasteiger partial charge in [0.15, 0.2) is 0 Å². The molecule has 0 saturated heterocycles. The number of aromatic nitrogens is 4. The summed E-state index contributed by atoms with van der Waals surface area (Å²) in [4.78, 5) is 45.2. The van der Waals surface area contributed by atoms with Crippen molar-refractivity contribution in [2.24, 2.45) is 0 Å². The number of carbonyl (C=O) groups is 2. The molecule has 0 spiro atoms. The minimum absolute atomic E-state index is 0.00784. The lowest BCUT2D eigenvalue weighted by atomic mass is 9.99. The molecule has 4 aromatic heterocycles. The number of nitrogens with one attached hydrogen (secondary N) is 2. The Hall–Kier alpha value is -7.04. The highest BCUT2D eigenvalue weighted by molar-refractivity contribution is 7.22. The van der Waals surface area contributed by atoms with E-state index < -0.39 is 23.3 Å². The maximum absolute atomic E-state index is 13.9. The number of nitrogens with zero attached hydrogens (tertiary/aromatic N) is 4. The number of hydrogen-bond acceptors (Lipinski definition) is 10. The molecule has 0 fully saturated rings. The van der Waals surface area contributed by atoms with Crippen molar-refractivity contribution in [1.29, 1.82) is 0 Å². The summed E-state index contributed by atoms with van der Waals surface area (Å²) in [5.74, 6) is -1.72. The molecule has 66 heavy (non-hydrogen) atoms. The summed E-state index contributed by atoms with van der Waals surface area (Å²) in [5, 5.41) is 6.26. The number of benzene rings is 4. The van der Waals surface area contributed by atoms with E-state index in [4.69, 9.17) is 9.47 Å². The number of ether oxygens (including phenoxy) is 2. The van der Waals surface area contributed by atoms with Gasteiger partial charge in [0.2, 0.25) is 0 Å². The molecule has 2 aliphatic rings. The van der Waals surface area contributed by atoms with Gasteiger partial charge in [-0.2, -0.15) is 0 Å². The van der Waals surface area contributed by atoms with Crippen LogP contribution in [0.3, 0.4) is 0 Å². The lowest BCUT2D eigenvalue weighted by Gasteiger charge is -2.26. The van der Waals surface area contributed by atoms with Crippen LogP contribution in [0.25, 0.3) is 48.5 Å². The molecule has 0 saturated carbocycles. The molecule has 2 N–H and O–H groups in total. The Bertz CT molecular complexity index is 3170. The summed E-state index contributed by atoms with van der Waals surface area (Å²) in [7, 11) is 0. The number of carbonyl (C=O) groups excluding carboxylic acids is 2. The fourth-order valence-electron chi connectivity index (χ4n) is 8.32. The summed E-state index contributed by atoms with van der Waals surface area (Å²) >= 11 is 2.44. The van der Waals surface area contributed by atoms with Crippen LogP contribution in [0.4, 0.5) is 17.6 Å². The van der Waals surface area contributed by atoms with Gasteiger partial charge in [-0.25, -0.2) is 37.5 Å². The molecule has 10 nitrogen and oxygen atoms in total. The molecule has 2 amide bonds. The van der Waals surface area contributed by atoms with E-state index in [2.05, 4.69) is 37.1 Å². The maximum Gasteiger partial charge on any atom is 0.262 e.